The minimum absolute atomic E-state index is 0.123. The highest BCUT2D eigenvalue weighted by Gasteiger charge is 2.57. The van der Waals surface area contributed by atoms with E-state index in [9.17, 15) is 18.4 Å². The lowest BCUT2D eigenvalue weighted by atomic mass is 9.79. The van der Waals surface area contributed by atoms with Gasteiger partial charge < -0.3 is 25.0 Å². The number of ether oxygens (including phenoxy) is 2. The first-order valence-electron chi connectivity index (χ1n) is 12.2. The normalized spacial score (nSPS) is 21.5. The molecule has 1 aromatic rings. The van der Waals surface area contributed by atoms with E-state index in [4.69, 9.17) is 9.47 Å². The fourth-order valence-corrected chi connectivity index (χ4v) is 4.76. The molecule has 9 heteroatoms. The lowest BCUT2D eigenvalue weighted by Crippen LogP contribution is -2.48. The van der Waals surface area contributed by atoms with E-state index in [0.717, 1.165) is 32.0 Å². The molecule has 0 saturated carbocycles. The molecule has 35 heavy (non-hydrogen) atoms. The number of rotatable bonds is 13. The summed E-state index contributed by atoms with van der Waals surface area (Å²) in [5, 5.41) is 6.06. The summed E-state index contributed by atoms with van der Waals surface area (Å²) in [7, 11) is 1.26. The number of hydrogen-bond acceptors (Lipinski definition) is 6. The Morgan fingerprint density at radius 1 is 1.17 bits per heavy atom. The summed E-state index contributed by atoms with van der Waals surface area (Å²) >= 11 is 0. The van der Waals surface area contributed by atoms with Gasteiger partial charge in [0.05, 0.1) is 24.3 Å². The van der Waals surface area contributed by atoms with Crippen molar-refractivity contribution in [1.29, 1.82) is 0 Å². The summed E-state index contributed by atoms with van der Waals surface area (Å²) in [4.78, 5) is 28.4. The Kier molecular flexibility index (Phi) is 9.02. The first kappa shape index (κ1) is 26.8. The lowest BCUT2D eigenvalue weighted by Gasteiger charge is -2.36. The molecule has 0 spiro atoms. The Hall–Kier alpha value is -2.78. The van der Waals surface area contributed by atoms with Crippen molar-refractivity contribution in [2.75, 3.05) is 38.6 Å². The van der Waals surface area contributed by atoms with Crippen molar-refractivity contribution in [3.8, 4) is 0 Å². The van der Waals surface area contributed by atoms with Gasteiger partial charge in [-0.25, -0.2) is 13.6 Å². The molecule has 2 N–H and O–H groups in total. The third-order valence-electron chi connectivity index (χ3n) is 6.59. The zero-order valence-corrected chi connectivity index (χ0v) is 20.8. The fraction of sp³-hybridized carbons (Fsp3) is 0.538. The molecule has 2 bridgehead atoms. The van der Waals surface area contributed by atoms with Crippen LogP contribution in [-0.2, 0) is 19.1 Å². The Bertz CT molecular complexity index is 973. The largest absolute Gasteiger partial charge is 0.466 e. The number of methoxy groups -OCH3 is 1. The van der Waals surface area contributed by atoms with Gasteiger partial charge in [0.15, 0.2) is 0 Å². The van der Waals surface area contributed by atoms with Crippen LogP contribution in [0, 0.1) is 11.6 Å². The third kappa shape index (κ3) is 5.73. The average Bonchev–Trinajstić information content (AvgIpc) is 3.41. The van der Waals surface area contributed by atoms with E-state index in [1.165, 1.54) is 19.2 Å². The molecule has 0 radical (unpaired) electrons. The van der Waals surface area contributed by atoms with Crippen molar-refractivity contribution >= 4 is 17.6 Å². The molecule has 1 aromatic carbocycles. The summed E-state index contributed by atoms with van der Waals surface area (Å²) in [6.45, 7) is 8.95. The zero-order chi connectivity index (χ0) is 25.6. The molecule has 2 aliphatic heterocycles. The second-order valence-corrected chi connectivity index (χ2v) is 8.75. The van der Waals surface area contributed by atoms with Gasteiger partial charge in [0.2, 0.25) is 0 Å². The van der Waals surface area contributed by atoms with Gasteiger partial charge in [0.1, 0.15) is 23.3 Å². The number of carbonyl (C=O) groups excluding carboxylic acids is 2. The average molecular weight is 492 g/mol. The van der Waals surface area contributed by atoms with Gasteiger partial charge >= 0.3 is 5.97 Å². The van der Waals surface area contributed by atoms with Gasteiger partial charge in [-0.3, -0.25) is 4.79 Å². The predicted molar refractivity (Wildman–Crippen MR) is 130 cm³/mol. The van der Waals surface area contributed by atoms with Gasteiger partial charge in [0.25, 0.3) is 5.91 Å². The molecule has 1 amide bonds. The van der Waals surface area contributed by atoms with Crippen molar-refractivity contribution < 1.29 is 27.8 Å². The van der Waals surface area contributed by atoms with E-state index >= 15 is 0 Å². The van der Waals surface area contributed by atoms with E-state index in [0.29, 0.717) is 19.5 Å². The number of benzene rings is 1. The maximum absolute atomic E-state index is 13.9. The highest BCUT2D eigenvalue weighted by atomic mass is 19.1. The summed E-state index contributed by atoms with van der Waals surface area (Å²) < 4.78 is 39.1. The molecule has 0 aliphatic carbocycles. The molecule has 3 atom stereocenters. The number of nitrogens with zero attached hydrogens (tertiary/aromatic N) is 1. The van der Waals surface area contributed by atoms with Crippen LogP contribution in [0.3, 0.4) is 0 Å². The van der Waals surface area contributed by atoms with E-state index in [1.807, 2.05) is 6.92 Å². The Morgan fingerprint density at radius 3 is 2.46 bits per heavy atom. The number of hydrogen-bond donors (Lipinski definition) is 2. The summed E-state index contributed by atoms with van der Waals surface area (Å²) in [5.74, 6) is -2.49. The number of anilines is 1. The number of likely N-dealkylation sites (N-methyl/N-ethyl adjacent to an activating group) is 1. The highest BCUT2D eigenvalue weighted by molar-refractivity contribution is 6.07. The number of halogens is 2. The van der Waals surface area contributed by atoms with E-state index < -0.39 is 35.4 Å². The molecule has 3 unspecified atom stereocenters. The molecular formula is C26H35F2N3O4. The summed E-state index contributed by atoms with van der Waals surface area (Å²) in [6.07, 6.45) is 4.93. The highest BCUT2D eigenvalue weighted by Crippen LogP contribution is 2.47. The molecule has 2 heterocycles. The molecule has 3 rings (SSSR count). The van der Waals surface area contributed by atoms with Gasteiger partial charge in [-0.2, -0.15) is 0 Å². The first-order valence-corrected chi connectivity index (χ1v) is 12.2. The zero-order valence-electron chi connectivity index (χ0n) is 20.8. The van der Waals surface area contributed by atoms with Crippen LogP contribution >= 0.6 is 0 Å². The van der Waals surface area contributed by atoms with Crippen LogP contribution in [0.4, 0.5) is 14.5 Å². The number of nitrogens with one attached hydrogen (secondary N) is 2. The number of unbranched alkanes of at least 4 members (excludes halogenated alkanes) is 1. The molecule has 192 valence electrons. The van der Waals surface area contributed by atoms with Crippen LogP contribution < -0.4 is 10.6 Å². The lowest BCUT2D eigenvalue weighted by molar-refractivity contribution is -0.138. The molecule has 0 saturated heterocycles. The molecule has 0 fully saturated rings. The Balaban J connectivity index is 1.95. The number of carbonyl (C=O) groups is 2. The van der Waals surface area contributed by atoms with Gasteiger partial charge in [-0.15, -0.1) is 0 Å². The number of esters is 1. The molecule has 2 aliphatic rings. The van der Waals surface area contributed by atoms with Crippen molar-refractivity contribution in [3.63, 3.8) is 0 Å². The number of fused-ring (bicyclic) bond motifs is 2. The van der Waals surface area contributed by atoms with Gasteiger partial charge in [0, 0.05) is 24.8 Å². The van der Waals surface area contributed by atoms with Crippen LogP contribution in [0.25, 0.3) is 0 Å². The van der Waals surface area contributed by atoms with Crippen molar-refractivity contribution in [2.24, 2.45) is 0 Å². The Morgan fingerprint density at radius 2 is 1.86 bits per heavy atom. The van der Waals surface area contributed by atoms with Gasteiger partial charge in [-0.05, 0) is 37.7 Å². The van der Waals surface area contributed by atoms with E-state index in [-0.39, 0.29) is 22.7 Å². The van der Waals surface area contributed by atoms with Crippen LogP contribution in [0.1, 0.15) is 40.0 Å². The van der Waals surface area contributed by atoms with Crippen LogP contribution in [0.15, 0.2) is 41.5 Å². The third-order valence-corrected chi connectivity index (χ3v) is 6.59. The quantitative estimate of drug-likeness (QED) is 0.325. The van der Waals surface area contributed by atoms with Crippen molar-refractivity contribution in [2.45, 2.75) is 57.8 Å². The van der Waals surface area contributed by atoms with Gasteiger partial charge in [-0.1, -0.05) is 39.7 Å². The maximum Gasteiger partial charge on any atom is 0.337 e. The summed E-state index contributed by atoms with van der Waals surface area (Å²) in [6, 6.07) is 2.60. The minimum Gasteiger partial charge on any atom is -0.466 e. The monoisotopic (exact) mass is 491 g/mol. The predicted octanol–water partition coefficient (Wildman–Crippen LogP) is 3.57. The molecular weight excluding hydrogens is 456 g/mol. The van der Waals surface area contributed by atoms with Crippen LogP contribution in [0.2, 0.25) is 0 Å². The Labute approximate surface area is 205 Å². The fourth-order valence-electron chi connectivity index (χ4n) is 4.76. The van der Waals surface area contributed by atoms with E-state index in [1.54, 1.807) is 12.2 Å². The second-order valence-electron chi connectivity index (χ2n) is 8.75. The van der Waals surface area contributed by atoms with Crippen LogP contribution in [-0.4, -0.2) is 67.8 Å². The number of amides is 1. The first-order chi connectivity index (χ1) is 16.8. The van der Waals surface area contributed by atoms with Crippen molar-refractivity contribution in [3.05, 3.63) is 53.1 Å². The molecule has 7 nitrogen and oxygen atoms in total. The smallest absolute Gasteiger partial charge is 0.337 e. The maximum atomic E-state index is 13.9. The minimum atomic E-state index is -1.30. The second kappa shape index (κ2) is 11.8. The topological polar surface area (TPSA) is 79.9 Å². The molecule has 0 aromatic heterocycles. The standard InChI is InChI=1S/C26H35F2N3O4/c1-5-8-9-21(30-19-15-17(27)14-18(28)16-19)26-11-10-20(35-26)22(23(26)25(33)34-4)24(32)29-12-13-31(6-2)7-3/h10-11,14-16,20-21,30H,5-9,12-13H2,1-4H3,(H,29,32). The van der Waals surface area contributed by atoms with Crippen LogP contribution in [0.5, 0.6) is 0 Å². The SMILES string of the molecule is CCCCC(Nc1cc(F)cc(F)c1)C12C=CC(O1)C(C(=O)NCCN(CC)CC)=C2C(=O)OC. The van der Waals surface area contributed by atoms with Crippen molar-refractivity contribution in [1.82, 2.24) is 10.2 Å². The summed E-state index contributed by atoms with van der Waals surface area (Å²) in [5.41, 5.74) is -0.743. The van der Waals surface area contributed by atoms with E-state index in [2.05, 4.69) is 29.4 Å².